The molecule has 1 aromatic rings. The first-order chi connectivity index (χ1) is 6.65. The largest absolute Gasteiger partial charge is 0.478 e. The number of benzene rings is 1. The summed E-state index contributed by atoms with van der Waals surface area (Å²) >= 11 is 5.68. The first-order valence-electron chi connectivity index (χ1n) is 3.79. The minimum absolute atomic E-state index is 0.0423. The van der Waals surface area contributed by atoms with Gasteiger partial charge >= 0.3 is 5.97 Å². The molecule has 0 atom stereocenters. The van der Waals surface area contributed by atoms with Crippen LogP contribution in [-0.4, -0.2) is 17.6 Å². The van der Waals surface area contributed by atoms with Gasteiger partial charge in [-0.25, -0.2) is 4.79 Å². The number of rotatable bonds is 3. The second-order valence-corrected chi connectivity index (χ2v) is 2.94. The summed E-state index contributed by atoms with van der Waals surface area (Å²) < 4.78 is 0. The van der Waals surface area contributed by atoms with Crippen molar-refractivity contribution in [1.82, 2.24) is 0 Å². The van der Waals surface area contributed by atoms with Crippen LogP contribution in [0.4, 0.5) is 5.69 Å². The number of anilines is 1. The van der Waals surface area contributed by atoms with Crippen molar-refractivity contribution < 1.29 is 9.90 Å². The molecule has 72 valence electrons. The second-order valence-electron chi connectivity index (χ2n) is 2.51. The molecule has 0 unspecified atom stereocenters. The van der Waals surface area contributed by atoms with Crippen LogP contribution in [0.25, 0.3) is 0 Å². The van der Waals surface area contributed by atoms with E-state index < -0.39 is 5.97 Å². The van der Waals surface area contributed by atoms with E-state index in [-0.39, 0.29) is 12.1 Å². The maximum absolute atomic E-state index is 10.7. The highest BCUT2D eigenvalue weighted by Gasteiger charge is 2.09. The molecule has 0 radical (unpaired) electrons. The van der Waals surface area contributed by atoms with Crippen LogP contribution in [0, 0.1) is 11.3 Å². The van der Waals surface area contributed by atoms with Crippen molar-refractivity contribution >= 4 is 23.3 Å². The van der Waals surface area contributed by atoms with E-state index >= 15 is 0 Å². The van der Waals surface area contributed by atoms with E-state index in [1.54, 1.807) is 0 Å². The quantitative estimate of drug-likeness (QED) is 0.749. The van der Waals surface area contributed by atoms with Gasteiger partial charge in [0.05, 0.1) is 17.3 Å². The van der Waals surface area contributed by atoms with E-state index in [4.69, 9.17) is 22.0 Å². The zero-order chi connectivity index (χ0) is 10.6. The summed E-state index contributed by atoms with van der Waals surface area (Å²) in [5, 5.41) is 20.2. The van der Waals surface area contributed by atoms with Gasteiger partial charge in [-0.3, -0.25) is 0 Å². The molecule has 1 rings (SSSR count). The molecular formula is C9H7ClN2O2. The minimum atomic E-state index is -1.05. The Bertz CT molecular complexity index is 398. The number of halogens is 1. The van der Waals surface area contributed by atoms with Crippen LogP contribution in [-0.2, 0) is 0 Å². The van der Waals surface area contributed by atoms with E-state index in [2.05, 4.69) is 5.32 Å². The summed E-state index contributed by atoms with van der Waals surface area (Å²) in [5.41, 5.74) is 0.455. The van der Waals surface area contributed by atoms with Gasteiger partial charge in [0.15, 0.2) is 0 Å². The summed E-state index contributed by atoms with van der Waals surface area (Å²) in [6.07, 6.45) is 0. The van der Waals surface area contributed by atoms with E-state index in [1.807, 2.05) is 6.07 Å². The van der Waals surface area contributed by atoms with Gasteiger partial charge in [0.1, 0.15) is 6.54 Å². The molecule has 0 saturated heterocycles. The van der Waals surface area contributed by atoms with Gasteiger partial charge in [0.25, 0.3) is 0 Å². The first kappa shape index (κ1) is 10.4. The highest BCUT2D eigenvalue weighted by Crippen LogP contribution is 2.20. The summed E-state index contributed by atoms with van der Waals surface area (Å²) in [5.74, 6) is -1.05. The molecule has 0 aliphatic rings. The third kappa shape index (κ3) is 2.38. The average molecular weight is 211 g/mol. The maximum Gasteiger partial charge on any atom is 0.337 e. The number of nitrogens with one attached hydrogen (secondary N) is 1. The Morgan fingerprint density at radius 2 is 2.36 bits per heavy atom. The molecule has 5 heteroatoms. The third-order valence-corrected chi connectivity index (χ3v) is 1.81. The van der Waals surface area contributed by atoms with Crippen molar-refractivity contribution in [2.45, 2.75) is 0 Å². The van der Waals surface area contributed by atoms with Gasteiger partial charge < -0.3 is 10.4 Å². The zero-order valence-corrected chi connectivity index (χ0v) is 7.88. The van der Waals surface area contributed by atoms with Crippen LogP contribution in [0.5, 0.6) is 0 Å². The van der Waals surface area contributed by atoms with Crippen LogP contribution in [0.2, 0.25) is 5.02 Å². The van der Waals surface area contributed by atoms with Crippen molar-refractivity contribution in [3.8, 4) is 6.07 Å². The molecule has 0 heterocycles. The Morgan fingerprint density at radius 1 is 1.64 bits per heavy atom. The lowest BCUT2D eigenvalue weighted by Gasteiger charge is -2.06. The lowest BCUT2D eigenvalue weighted by molar-refractivity contribution is 0.0698. The SMILES string of the molecule is N#CCNc1cc(Cl)ccc1C(=O)O. The molecule has 14 heavy (non-hydrogen) atoms. The molecule has 1 aromatic carbocycles. The maximum atomic E-state index is 10.7. The predicted octanol–water partition coefficient (Wildman–Crippen LogP) is 1.97. The number of hydrogen-bond acceptors (Lipinski definition) is 3. The Labute approximate surface area is 85.7 Å². The van der Waals surface area contributed by atoms with Crippen molar-refractivity contribution in [2.75, 3.05) is 11.9 Å². The Morgan fingerprint density at radius 3 is 2.93 bits per heavy atom. The van der Waals surface area contributed by atoms with Crippen LogP contribution >= 0.6 is 11.6 Å². The Balaban J connectivity index is 3.04. The van der Waals surface area contributed by atoms with Crippen LogP contribution < -0.4 is 5.32 Å². The molecule has 0 bridgehead atoms. The third-order valence-electron chi connectivity index (χ3n) is 1.57. The fourth-order valence-corrected chi connectivity index (χ4v) is 1.16. The fourth-order valence-electron chi connectivity index (χ4n) is 0.984. The molecule has 0 aliphatic carbocycles. The van der Waals surface area contributed by atoms with Gasteiger partial charge in [0, 0.05) is 5.02 Å². The molecule has 0 saturated carbocycles. The van der Waals surface area contributed by atoms with Gasteiger partial charge in [-0.05, 0) is 18.2 Å². The molecule has 0 aromatic heterocycles. The van der Waals surface area contributed by atoms with E-state index in [0.29, 0.717) is 10.7 Å². The molecule has 2 N–H and O–H groups in total. The van der Waals surface area contributed by atoms with E-state index in [1.165, 1.54) is 18.2 Å². The van der Waals surface area contributed by atoms with Crippen LogP contribution in [0.1, 0.15) is 10.4 Å². The summed E-state index contributed by atoms with van der Waals surface area (Å²) in [4.78, 5) is 10.7. The predicted molar refractivity (Wildman–Crippen MR) is 52.5 cm³/mol. The molecule has 0 fully saturated rings. The topological polar surface area (TPSA) is 73.1 Å². The van der Waals surface area contributed by atoms with Crippen molar-refractivity contribution in [3.05, 3.63) is 28.8 Å². The van der Waals surface area contributed by atoms with Crippen molar-refractivity contribution in [3.63, 3.8) is 0 Å². The standard InChI is InChI=1S/C9H7ClN2O2/c10-6-1-2-7(9(13)14)8(5-6)12-4-3-11/h1-2,5,12H,4H2,(H,13,14). The van der Waals surface area contributed by atoms with Crippen molar-refractivity contribution in [2.24, 2.45) is 0 Å². The van der Waals surface area contributed by atoms with Gasteiger partial charge in [-0.2, -0.15) is 5.26 Å². The number of carboxylic acid groups (broad SMARTS) is 1. The lowest BCUT2D eigenvalue weighted by Crippen LogP contribution is -2.06. The van der Waals surface area contributed by atoms with Crippen LogP contribution in [0.15, 0.2) is 18.2 Å². The number of aromatic carboxylic acids is 1. The lowest BCUT2D eigenvalue weighted by atomic mass is 10.2. The molecule has 0 spiro atoms. The highest BCUT2D eigenvalue weighted by molar-refractivity contribution is 6.31. The highest BCUT2D eigenvalue weighted by atomic mass is 35.5. The van der Waals surface area contributed by atoms with Crippen molar-refractivity contribution in [1.29, 1.82) is 5.26 Å². The number of nitrogens with zero attached hydrogens (tertiary/aromatic N) is 1. The number of carboxylic acids is 1. The normalized spacial score (nSPS) is 9.14. The number of carbonyl (C=O) groups is 1. The van der Waals surface area contributed by atoms with E-state index in [0.717, 1.165) is 0 Å². The monoisotopic (exact) mass is 210 g/mol. The molecule has 4 nitrogen and oxygen atoms in total. The molecule has 0 aliphatic heterocycles. The molecule has 0 amide bonds. The summed E-state index contributed by atoms with van der Waals surface area (Å²) in [6, 6.07) is 6.21. The summed E-state index contributed by atoms with van der Waals surface area (Å²) in [7, 11) is 0. The fraction of sp³-hybridized carbons (Fsp3) is 0.111. The molecular weight excluding hydrogens is 204 g/mol. The Kier molecular flexibility index (Phi) is 3.32. The number of hydrogen-bond donors (Lipinski definition) is 2. The van der Waals surface area contributed by atoms with E-state index in [9.17, 15) is 4.79 Å². The number of nitriles is 1. The van der Waals surface area contributed by atoms with Gasteiger partial charge in [-0.1, -0.05) is 11.6 Å². The zero-order valence-electron chi connectivity index (χ0n) is 7.12. The average Bonchev–Trinajstić information content (AvgIpc) is 2.14. The van der Waals surface area contributed by atoms with Gasteiger partial charge in [0.2, 0.25) is 0 Å². The first-order valence-corrected chi connectivity index (χ1v) is 4.16. The van der Waals surface area contributed by atoms with Gasteiger partial charge in [-0.15, -0.1) is 0 Å². The second kappa shape index (κ2) is 4.49. The summed E-state index contributed by atoms with van der Waals surface area (Å²) in [6.45, 7) is 0.0423. The van der Waals surface area contributed by atoms with Crippen LogP contribution in [0.3, 0.4) is 0 Å². The smallest absolute Gasteiger partial charge is 0.337 e. The Hall–Kier alpha value is -1.73. The minimum Gasteiger partial charge on any atom is -0.478 e.